The van der Waals surface area contributed by atoms with Crippen LogP contribution in [0.25, 0.3) is 0 Å². The van der Waals surface area contributed by atoms with E-state index in [4.69, 9.17) is 33.7 Å². The molecule has 0 saturated heterocycles. The molecule has 7 heteroatoms. The molecule has 0 aromatic heterocycles. The summed E-state index contributed by atoms with van der Waals surface area (Å²) in [6.07, 6.45) is 0.545. The first kappa shape index (κ1) is 23.5. The first-order valence-corrected chi connectivity index (χ1v) is 9.35. The minimum Gasteiger partial charge on any atom is -0.378 e. The van der Waals surface area contributed by atoms with Crippen LogP contribution >= 0.6 is 35.6 Å². The summed E-state index contributed by atoms with van der Waals surface area (Å²) in [5.41, 5.74) is 5.82. The summed E-state index contributed by atoms with van der Waals surface area (Å²) in [4.78, 5) is 12.8. The summed E-state index contributed by atoms with van der Waals surface area (Å²) >= 11 is 12.1. The van der Waals surface area contributed by atoms with E-state index >= 15 is 0 Å². The molecule has 1 fully saturated rings. The van der Waals surface area contributed by atoms with Gasteiger partial charge in [-0.15, -0.1) is 12.4 Å². The molecule has 0 radical (unpaired) electrons. The lowest BCUT2D eigenvalue weighted by Gasteiger charge is -2.57. The van der Waals surface area contributed by atoms with E-state index < -0.39 is 11.0 Å². The van der Waals surface area contributed by atoms with E-state index in [9.17, 15) is 4.79 Å². The monoisotopic (exact) mass is 422 g/mol. The molecule has 0 aliphatic heterocycles. The van der Waals surface area contributed by atoms with Crippen LogP contribution in [0.4, 0.5) is 0 Å². The summed E-state index contributed by atoms with van der Waals surface area (Å²) in [6, 6.07) is 5.54. The number of nitrogens with two attached hydrogens (primary N) is 1. The molecule has 1 aromatic carbocycles. The number of carbonyl (C=O) groups excluding carboxylic acids is 1. The second-order valence-electron chi connectivity index (χ2n) is 8.04. The van der Waals surface area contributed by atoms with Crippen LogP contribution < -0.4 is 11.1 Å². The fourth-order valence-electron chi connectivity index (χ4n) is 3.30. The fraction of sp³-hybridized carbons (Fsp3) is 0.632. The van der Waals surface area contributed by atoms with Crippen LogP contribution in [0.3, 0.4) is 0 Å². The summed E-state index contributed by atoms with van der Waals surface area (Å²) in [5, 5.41) is 4.05. The third kappa shape index (κ3) is 4.15. The lowest BCUT2D eigenvalue weighted by Crippen LogP contribution is -2.76. The maximum absolute atomic E-state index is 12.8. The maximum atomic E-state index is 12.8. The first-order chi connectivity index (χ1) is 11.5. The van der Waals surface area contributed by atoms with Crippen LogP contribution in [-0.4, -0.2) is 30.7 Å². The number of amides is 1. The largest absolute Gasteiger partial charge is 0.378 e. The highest BCUT2D eigenvalue weighted by Crippen LogP contribution is 2.49. The molecule has 26 heavy (non-hydrogen) atoms. The van der Waals surface area contributed by atoms with Gasteiger partial charge in [0, 0.05) is 30.4 Å². The Labute approximate surface area is 172 Å². The van der Waals surface area contributed by atoms with Gasteiger partial charge in [0.1, 0.15) is 5.54 Å². The van der Waals surface area contributed by atoms with E-state index in [0.29, 0.717) is 29.6 Å². The third-order valence-corrected chi connectivity index (χ3v) is 6.37. The summed E-state index contributed by atoms with van der Waals surface area (Å²) < 4.78 is 5.69. The molecule has 2 atom stereocenters. The van der Waals surface area contributed by atoms with Crippen molar-refractivity contribution in [3.63, 3.8) is 0 Å². The van der Waals surface area contributed by atoms with Gasteiger partial charge in [0.25, 0.3) is 0 Å². The standard InChI is InChI=1S/C19H28Cl2N2O2.ClH/c1-6-25-15-10-19(22,18(15,4)5)16(24)23-11-17(2,3)12-7-8-13(20)14(21)9-12;/h7-9,15H,6,10-11,22H2,1-5H3,(H,23,24);1H. The normalized spacial score (nSPS) is 24.4. The lowest BCUT2D eigenvalue weighted by atomic mass is 9.54. The third-order valence-electron chi connectivity index (χ3n) is 5.63. The Bertz CT molecular complexity index is 664. The lowest BCUT2D eigenvalue weighted by molar-refractivity contribution is -0.170. The zero-order chi connectivity index (χ0) is 19.0. The summed E-state index contributed by atoms with van der Waals surface area (Å²) in [6.45, 7) is 11.1. The second-order valence-corrected chi connectivity index (χ2v) is 8.85. The molecule has 4 nitrogen and oxygen atoms in total. The quantitative estimate of drug-likeness (QED) is 0.715. The molecule has 1 aliphatic rings. The fourth-order valence-corrected chi connectivity index (χ4v) is 3.60. The average Bonchev–Trinajstić information content (AvgIpc) is 2.54. The Balaban J connectivity index is 0.00000338. The van der Waals surface area contributed by atoms with Crippen molar-refractivity contribution in [1.29, 1.82) is 0 Å². The van der Waals surface area contributed by atoms with E-state index in [1.165, 1.54) is 0 Å². The number of halogens is 3. The number of nitrogens with one attached hydrogen (secondary N) is 1. The van der Waals surface area contributed by atoms with Crippen molar-refractivity contribution in [2.75, 3.05) is 13.2 Å². The zero-order valence-corrected chi connectivity index (χ0v) is 18.3. The molecule has 0 bridgehead atoms. The first-order valence-electron chi connectivity index (χ1n) is 8.60. The van der Waals surface area contributed by atoms with Crippen molar-refractivity contribution in [2.45, 2.75) is 58.1 Å². The van der Waals surface area contributed by atoms with Gasteiger partial charge >= 0.3 is 0 Å². The van der Waals surface area contributed by atoms with E-state index in [-0.39, 0.29) is 29.8 Å². The number of rotatable bonds is 6. The van der Waals surface area contributed by atoms with Gasteiger partial charge in [0.05, 0.1) is 16.1 Å². The molecule has 2 rings (SSSR count). The molecular weight excluding hydrogens is 395 g/mol. The number of ether oxygens (including phenoxy) is 1. The van der Waals surface area contributed by atoms with Gasteiger partial charge in [0.15, 0.2) is 0 Å². The Kier molecular flexibility index (Phi) is 7.45. The highest BCUT2D eigenvalue weighted by Gasteiger charge is 2.62. The maximum Gasteiger partial charge on any atom is 0.240 e. The summed E-state index contributed by atoms with van der Waals surface area (Å²) in [5.74, 6) is -0.137. The van der Waals surface area contributed by atoms with Crippen molar-refractivity contribution < 1.29 is 9.53 Å². The highest BCUT2D eigenvalue weighted by atomic mass is 35.5. The molecule has 2 unspecified atom stereocenters. The van der Waals surface area contributed by atoms with Gasteiger partial charge in [-0.05, 0) is 24.6 Å². The van der Waals surface area contributed by atoms with Crippen molar-refractivity contribution in [2.24, 2.45) is 11.1 Å². The second kappa shape index (κ2) is 8.24. The van der Waals surface area contributed by atoms with Gasteiger partial charge in [0.2, 0.25) is 5.91 Å². The van der Waals surface area contributed by atoms with Crippen molar-refractivity contribution in [3.8, 4) is 0 Å². The zero-order valence-electron chi connectivity index (χ0n) is 16.0. The molecular formula is C19H29Cl3N2O2. The van der Waals surface area contributed by atoms with E-state index in [1.54, 1.807) is 6.07 Å². The van der Waals surface area contributed by atoms with Gasteiger partial charge < -0.3 is 15.8 Å². The van der Waals surface area contributed by atoms with Gasteiger partial charge in [-0.2, -0.15) is 0 Å². The van der Waals surface area contributed by atoms with Crippen LogP contribution in [0, 0.1) is 5.41 Å². The average molecular weight is 424 g/mol. The number of carbonyl (C=O) groups is 1. The van der Waals surface area contributed by atoms with Crippen molar-refractivity contribution in [3.05, 3.63) is 33.8 Å². The Morgan fingerprint density at radius 1 is 1.35 bits per heavy atom. The molecule has 0 spiro atoms. The van der Waals surface area contributed by atoms with Crippen LogP contribution in [0.15, 0.2) is 18.2 Å². The van der Waals surface area contributed by atoms with Gasteiger partial charge in [-0.1, -0.05) is 57.0 Å². The molecule has 0 heterocycles. The van der Waals surface area contributed by atoms with Crippen molar-refractivity contribution >= 4 is 41.5 Å². The smallest absolute Gasteiger partial charge is 0.240 e. The summed E-state index contributed by atoms with van der Waals surface area (Å²) in [7, 11) is 0. The number of benzene rings is 1. The van der Waals surface area contributed by atoms with Gasteiger partial charge in [-0.25, -0.2) is 0 Å². The highest BCUT2D eigenvalue weighted by molar-refractivity contribution is 6.42. The Hall–Kier alpha value is -0.520. The molecule has 1 aliphatic carbocycles. The molecule has 1 amide bonds. The van der Waals surface area contributed by atoms with E-state index in [2.05, 4.69) is 5.32 Å². The minimum absolute atomic E-state index is 0. The van der Waals surface area contributed by atoms with Crippen molar-refractivity contribution in [1.82, 2.24) is 5.32 Å². The van der Waals surface area contributed by atoms with Crippen LogP contribution in [0.1, 0.15) is 46.6 Å². The SMILES string of the molecule is CCOC1CC(N)(C(=O)NCC(C)(C)c2ccc(Cl)c(Cl)c2)C1(C)C.Cl. The Morgan fingerprint density at radius 3 is 2.46 bits per heavy atom. The van der Waals surface area contributed by atoms with Crippen LogP contribution in [0.2, 0.25) is 10.0 Å². The topological polar surface area (TPSA) is 64.3 Å². The van der Waals surface area contributed by atoms with E-state index in [0.717, 1.165) is 5.56 Å². The van der Waals surface area contributed by atoms with E-state index in [1.807, 2.05) is 46.8 Å². The number of hydrogen-bond acceptors (Lipinski definition) is 3. The predicted molar refractivity (Wildman–Crippen MR) is 110 cm³/mol. The Morgan fingerprint density at radius 2 is 1.96 bits per heavy atom. The number of hydrogen-bond donors (Lipinski definition) is 2. The molecule has 3 N–H and O–H groups in total. The predicted octanol–water partition coefficient (Wildman–Crippen LogP) is 4.34. The van der Waals surface area contributed by atoms with Crippen LogP contribution in [0.5, 0.6) is 0 Å². The molecule has 1 saturated carbocycles. The molecule has 148 valence electrons. The molecule has 1 aromatic rings. The van der Waals surface area contributed by atoms with Crippen LogP contribution in [-0.2, 0) is 14.9 Å². The van der Waals surface area contributed by atoms with Gasteiger partial charge in [-0.3, -0.25) is 4.79 Å². The minimum atomic E-state index is -0.916.